The van der Waals surface area contributed by atoms with Crippen LogP contribution in [0.4, 0.5) is 10.2 Å². The van der Waals surface area contributed by atoms with Crippen LogP contribution in [0.5, 0.6) is 0 Å². The lowest BCUT2D eigenvalue weighted by Crippen LogP contribution is -2.46. The molecule has 2 aliphatic heterocycles. The van der Waals surface area contributed by atoms with Gasteiger partial charge in [-0.1, -0.05) is 24.3 Å². The number of pyridine rings is 1. The van der Waals surface area contributed by atoms with Crippen LogP contribution in [0.3, 0.4) is 0 Å². The Morgan fingerprint density at radius 3 is 2.32 bits per heavy atom. The number of benzene rings is 1. The van der Waals surface area contributed by atoms with Crippen molar-refractivity contribution >= 4 is 44.0 Å². The van der Waals surface area contributed by atoms with Crippen LogP contribution in [0.25, 0.3) is 22.6 Å². The average molecular weight is 553 g/mol. The molecule has 0 spiro atoms. The Morgan fingerprint density at radius 2 is 1.66 bits per heavy atom. The van der Waals surface area contributed by atoms with E-state index in [1.165, 1.54) is 50.2 Å². The van der Waals surface area contributed by atoms with E-state index in [1.54, 1.807) is 13.1 Å². The molecule has 8 nitrogen and oxygen atoms in total. The Hall–Kier alpha value is -2.73. The number of nitrogen functional groups attached to an aromatic ring is 1. The standard InChI is InChI=1S/C27H29FN8.2H2S/c1-16-31-25(29)24-27(32-16)36(26(33-24)19-8-20(28)11-30-10-19)13-18-4-2-17(3-5-18)12-34-14-23-9-22(34)15-35(23)21-6-7-21;;/h2-5,8,10-11,21-23H,6-7,9,12-15H2,1H3,(H2,29,31,32);2*1H2/t22-,23-;;/m0../s1. The number of halogens is 1. The summed E-state index contributed by atoms with van der Waals surface area (Å²) in [7, 11) is 0. The van der Waals surface area contributed by atoms with Crippen molar-refractivity contribution in [3.8, 4) is 11.4 Å². The predicted octanol–water partition coefficient (Wildman–Crippen LogP) is 3.61. The average Bonchev–Trinajstić information content (AvgIpc) is 3.38. The number of nitrogens with zero attached hydrogens (tertiary/aromatic N) is 7. The van der Waals surface area contributed by atoms with Crippen molar-refractivity contribution in [3.05, 3.63) is 65.5 Å². The maximum atomic E-state index is 14.0. The number of aromatic nitrogens is 5. The van der Waals surface area contributed by atoms with Gasteiger partial charge in [0.05, 0.1) is 12.7 Å². The van der Waals surface area contributed by atoms with Gasteiger partial charge in [-0.05, 0) is 43.4 Å². The van der Waals surface area contributed by atoms with E-state index >= 15 is 0 Å². The smallest absolute Gasteiger partial charge is 0.166 e. The van der Waals surface area contributed by atoms with Crippen LogP contribution in [0.2, 0.25) is 0 Å². The fourth-order valence-electron chi connectivity index (χ4n) is 6.03. The maximum absolute atomic E-state index is 14.0. The molecule has 0 unspecified atom stereocenters. The Balaban J connectivity index is 0.00000147. The predicted molar refractivity (Wildman–Crippen MR) is 156 cm³/mol. The summed E-state index contributed by atoms with van der Waals surface area (Å²) < 4.78 is 16.0. The van der Waals surface area contributed by atoms with Crippen LogP contribution in [-0.2, 0) is 13.1 Å². The van der Waals surface area contributed by atoms with Crippen molar-refractivity contribution in [2.45, 2.75) is 57.4 Å². The van der Waals surface area contributed by atoms with Gasteiger partial charge in [0.2, 0.25) is 0 Å². The number of rotatable bonds is 6. The third-order valence-electron chi connectivity index (χ3n) is 7.86. The van der Waals surface area contributed by atoms with Gasteiger partial charge in [0.1, 0.15) is 17.5 Å². The van der Waals surface area contributed by atoms with Crippen LogP contribution in [0, 0.1) is 12.7 Å². The SMILES string of the molecule is Cc1nc(N)c2nc(-c3cncc(F)c3)n(Cc3ccc(CN4C[C@@H]5C[C@H]4CN5C4CC4)cc3)c2n1.S.S. The summed E-state index contributed by atoms with van der Waals surface area (Å²) >= 11 is 0. The lowest BCUT2D eigenvalue weighted by atomic mass is 10.1. The van der Waals surface area contributed by atoms with Crippen LogP contribution in [-0.4, -0.2) is 65.5 Å². The van der Waals surface area contributed by atoms with Crippen LogP contribution < -0.4 is 5.73 Å². The van der Waals surface area contributed by atoms with Crippen LogP contribution in [0.1, 0.15) is 36.2 Å². The number of anilines is 1. The number of aryl methyl sites for hydroxylation is 1. The molecule has 4 aromatic rings. The van der Waals surface area contributed by atoms with Gasteiger partial charge >= 0.3 is 0 Å². The number of piperazine rings is 1. The van der Waals surface area contributed by atoms with E-state index in [-0.39, 0.29) is 27.0 Å². The molecule has 1 aromatic carbocycles. The highest BCUT2D eigenvalue weighted by atomic mass is 32.1. The first-order valence-electron chi connectivity index (χ1n) is 12.7. The van der Waals surface area contributed by atoms with Gasteiger partial charge in [-0.25, -0.2) is 19.3 Å². The number of nitrogens with two attached hydrogens (primary N) is 1. The summed E-state index contributed by atoms with van der Waals surface area (Å²) in [6, 6.07) is 12.5. The minimum absolute atomic E-state index is 0. The van der Waals surface area contributed by atoms with Gasteiger partial charge in [-0.3, -0.25) is 14.8 Å². The summed E-state index contributed by atoms with van der Waals surface area (Å²) in [5.74, 6) is 1.04. The molecule has 1 aliphatic carbocycles. The summed E-state index contributed by atoms with van der Waals surface area (Å²) in [5.41, 5.74) is 10.3. The lowest BCUT2D eigenvalue weighted by Gasteiger charge is -2.34. The third-order valence-corrected chi connectivity index (χ3v) is 7.86. The molecule has 2 atom stereocenters. The second-order valence-corrected chi connectivity index (χ2v) is 10.5. The molecule has 2 saturated heterocycles. The number of imidazole rings is 1. The summed E-state index contributed by atoms with van der Waals surface area (Å²) in [6.07, 6.45) is 6.90. The van der Waals surface area contributed by atoms with E-state index in [4.69, 9.17) is 5.73 Å². The second kappa shape index (κ2) is 10.4. The van der Waals surface area contributed by atoms with Crippen molar-refractivity contribution < 1.29 is 4.39 Å². The van der Waals surface area contributed by atoms with Crippen LogP contribution >= 0.6 is 27.0 Å². The topological polar surface area (TPSA) is 89.0 Å². The normalized spacial score (nSPS) is 21.0. The minimum atomic E-state index is -0.415. The molecule has 3 aromatic heterocycles. The first-order valence-corrected chi connectivity index (χ1v) is 12.7. The van der Waals surface area contributed by atoms with E-state index in [9.17, 15) is 4.39 Å². The molecular weight excluding hydrogens is 519 g/mol. The van der Waals surface area contributed by atoms with Gasteiger partial charge < -0.3 is 10.3 Å². The Morgan fingerprint density at radius 1 is 0.921 bits per heavy atom. The fraction of sp³-hybridized carbons (Fsp3) is 0.407. The molecule has 7 rings (SSSR count). The Labute approximate surface area is 235 Å². The van der Waals surface area contributed by atoms with E-state index in [2.05, 4.69) is 54.0 Å². The zero-order valence-electron chi connectivity index (χ0n) is 21.3. The largest absolute Gasteiger partial charge is 0.382 e. The molecule has 200 valence electrons. The molecular formula is C27H33FN8S2. The highest BCUT2D eigenvalue weighted by Crippen LogP contribution is 2.39. The quantitative estimate of drug-likeness (QED) is 0.391. The van der Waals surface area contributed by atoms with E-state index in [0.717, 1.165) is 24.2 Å². The van der Waals surface area contributed by atoms with Crippen molar-refractivity contribution in [3.63, 3.8) is 0 Å². The molecule has 0 amide bonds. The molecule has 2 bridgehead atoms. The van der Waals surface area contributed by atoms with Gasteiger partial charge in [-0.2, -0.15) is 27.0 Å². The molecule has 2 N–H and O–H groups in total. The van der Waals surface area contributed by atoms with Gasteiger partial charge in [0.15, 0.2) is 17.0 Å². The molecule has 3 aliphatic rings. The maximum Gasteiger partial charge on any atom is 0.166 e. The first kappa shape index (κ1) is 26.9. The fourth-order valence-corrected chi connectivity index (χ4v) is 6.03. The van der Waals surface area contributed by atoms with E-state index < -0.39 is 5.82 Å². The van der Waals surface area contributed by atoms with Crippen molar-refractivity contribution in [2.24, 2.45) is 0 Å². The lowest BCUT2D eigenvalue weighted by molar-refractivity contribution is 0.117. The number of hydrogen-bond acceptors (Lipinski definition) is 7. The zero-order chi connectivity index (χ0) is 24.4. The Kier molecular flexibility index (Phi) is 7.38. The third kappa shape index (κ3) is 4.88. The van der Waals surface area contributed by atoms with Gasteiger partial charge in [-0.15, -0.1) is 0 Å². The highest BCUT2D eigenvalue weighted by Gasteiger charge is 2.47. The van der Waals surface area contributed by atoms with Crippen molar-refractivity contribution in [1.29, 1.82) is 0 Å². The van der Waals surface area contributed by atoms with E-state index in [0.29, 0.717) is 46.8 Å². The van der Waals surface area contributed by atoms with Crippen LogP contribution in [0.15, 0.2) is 42.7 Å². The number of likely N-dealkylation sites (tertiary alicyclic amines) is 2. The molecule has 1 saturated carbocycles. The zero-order valence-corrected chi connectivity index (χ0v) is 23.3. The summed E-state index contributed by atoms with van der Waals surface area (Å²) in [4.78, 5) is 23.0. The number of hydrogen-bond donors (Lipinski definition) is 1. The molecule has 3 fully saturated rings. The Bertz CT molecular complexity index is 1460. The van der Waals surface area contributed by atoms with E-state index in [1.807, 2.05) is 4.57 Å². The molecule has 0 radical (unpaired) electrons. The van der Waals surface area contributed by atoms with Crippen molar-refractivity contribution in [2.75, 3.05) is 18.8 Å². The number of fused-ring (bicyclic) bond motifs is 3. The molecule has 5 heterocycles. The molecule has 11 heteroatoms. The minimum Gasteiger partial charge on any atom is -0.382 e. The summed E-state index contributed by atoms with van der Waals surface area (Å²) in [5, 5.41) is 0. The second-order valence-electron chi connectivity index (χ2n) is 10.5. The van der Waals surface area contributed by atoms with Gasteiger partial charge in [0, 0.05) is 49.5 Å². The summed E-state index contributed by atoms with van der Waals surface area (Å²) in [6.45, 7) is 5.76. The van der Waals surface area contributed by atoms with Crippen molar-refractivity contribution in [1.82, 2.24) is 34.3 Å². The first-order chi connectivity index (χ1) is 17.5. The monoisotopic (exact) mass is 552 g/mol. The highest BCUT2D eigenvalue weighted by molar-refractivity contribution is 7.59. The van der Waals surface area contributed by atoms with Gasteiger partial charge in [0.25, 0.3) is 0 Å². The molecule has 38 heavy (non-hydrogen) atoms.